The minimum Gasteiger partial charge on any atom is -0.388 e. The van der Waals surface area contributed by atoms with E-state index in [2.05, 4.69) is 50.5 Å². The summed E-state index contributed by atoms with van der Waals surface area (Å²) >= 11 is 0. The van der Waals surface area contributed by atoms with E-state index in [1.807, 2.05) is 60.7 Å². The molecule has 0 saturated carbocycles. The molecule has 0 radical (unpaired) electrons. The van der Waals surface area contributed by atoms with E-state index in [9.17, 15) is 10.2 Å². The van der Waals surface area contributed by atoms with Gasteiger partial charge in [0.1, 0.15) is 0 Å². The van der Waals surface area contributed by atoms with E-state index in [1.54, 1.807) is 0 Å². The van der Waals surface area contributed by atoms with Crippen molar-refractivity contribution in [3.8, 4) is 0 Å². The molecule has 0 aromatic heterocycles. The van der Waals surface area contributed by atoms with E-state index >= 15 is 0 Å². The van der Waals surface area contributed by atoms with Crippen molar-refractivity contribution >= 4 is 26.5 Å². The molecule has 32 heavy (non-hydrogen) atoms. The largest absolute Gasteiger partial charge is 0.388 e. The first kappa shape index (κ1) is 24.7. The normalized spacial score (nSPS) is 14.2. The first-order chi connectivity index (χ1) is 15.2. The van der Waals surface area contributed by atoms with Crippen molar-refractivity contribution in [2.24, 2.45) is 0 Å². The molecule has 2 nitrogen and oxygen atoms in total. The summed E-state index contributed by atoms with van der Waals surface area (Å²) in [5.74, 6) is 0. The number of aliphatic hydroxyl groups excluding tert-OH is 2. The van der Waals surface area contributed by atoms with E-state index in [0.717, 1.165) is 36.1 Å². The number of rotatable bonds is 10. The Morgan fingerprint density at radius 3 is 1.16 bits per heavy atom. The maximum absolute atomic E-state index is 10.6. The van der Waals surface area contributed by atoms with Gasteiger partial charge < -0.3 is 10.2 Å². The fourth-order valence-corrected chi connectivity index (χ4v) is 9.05. The number of hydrogen-bond acceptors (Lipinski definition) is 2. The van der Waals surface area contributed by atoms with Crippen molar-refractivity contribution in [2.75, 3.05) is 0 Å². The van der Waals surface area contributed by atoms with Crippen LogP contribution >= 0.6 is 0 Å². The Hall–Kier alpha value is -1.99. The molecule has 0 aliphatic heterocycles. The van der Waals surface area contributed by atoms with Crippen LogP contribution < -0.4 is 10.4 Å². The highest BCUT2D eigenvalue weighted by molar-refractivity contribution is 6.91. The third kappa shape index (κ3) is 6.52. The molecule has 170 valence electrons. The second-order valence-corrected chi connectivity index (χ2v) is 20.0. The van der Waals surface area contributed by atoms with Crippen molar-refractivity contribution in [2.45, 2.75) is 63.3 Å². The quantitative estimate of drug-likeness (QED) is 0.376. The third-order valence-electron chi connectivity index (χ3n) is 6.90. The maximum atomic E-state index is 10.6. The summed E-state index contributed by atoms with van der Waals surface area (Å²) in [7, 11) is -3.24. The molecule has 2 unspecified atom stereocenters. The van der Waals surface area contributed by atoms with Gasteiger partial charge in [0.15, 0.2) is 0 Å². The molecule has 0 amide bonds. The minimum absolute atomic E-state index is 0.385. The zero-order chi connectivity index (χ0) is 23.2. The van der Waals surface area contributed by atoms with E-state index in [4.69, 9.17) is 0 Å². The average Bonchev–Trinajstić information content (AvgIpc) is 2.82. The standard InChI is InChI=1S/C28H38O2Si2/c1-31(2,21-19-27(29)23-11-7-5-8-12-23)25-15-17-26(18-16-25)32(3,4)22-20-28(30)24-13-9-6-10-14-24/h5-18,27-30H,19-22H2,1-4H3. The molecule has 3 aromatic rings. The van der Waals surface area contributed by atoms with Gasteiger partial charge in [0.2, 0.25) is 0 Å². The van der Waals surface area contributed by atoms with Crippen molar-refractivity contribution in [1.29, 1.82) is 0 Å². The minimum atomic E-state index is -1.62. The van der Waals surface area contributed by atoms with Gasteiger partial charge in [0.05, 0.1) is 28.4 Å². The summed E-state index contributed by atoms with van der Waals surface area (Å²) in [5, 5.41) is 24.1. The van der Waals surface area contributed by atoms with Crippen LogP contribution in [0.25, 0.3) is 0 Å². The van der Waals surface area contributed by atoms with Gasteiger partial charge in [-0.25, -0.2) is 0 Å². The van der Waals surface area contributed by atoms with Gasteiger partial charge in [-0.1, -0.05) is 134 Å². The lowest BCUT2D eigenvalue weighted by molar-refractivity contribution is 0.173. The van der Waals surface area contributed by atoms with Gasteiger partial charge in [-0.05, 0) is 24.0 Å². The van der Waals surface area contributed by atoms with Gasteiger partial charge >= 0.3 is 0 Å². The lowest BCUT2D eigenvalue weighted by Gasteiger charge is -2.28. The van der Waals surface area contributed by atoms with E-state index in [1.165, 1.54) is 10.4 Å². The van der Waals surface area contributed by atoms with Crippen LogP contribution in [-0.2, 0) is 0 Å². The predicted molar refractivity (Wildman–Crippen MR) is 142 cm³/mol. The third-order valence-corrected chi connectivity index (χ3v) is 13.8. The smallest absolute Gasteiger partial charge is 0.0807 e. The van der Waals surface area contributed by atoms with Crippen LogP contribution in [0.5, 0.6) is 0 Å². The highest BCUT2D eigenvalue weighted by Crippen LogP contribution is 2.25. The SMILES string of the molecule is C[Si](C)(CCC(O)c1ccccc1)c1ccc([Si](C)(C)CCC(O)c2ccccc2)cc1. The molecule has 2 atom stereocenters. The molecule has 0 fully saturated rings. The number of aliphatic hydroxyl groups is 2. The van der Waals surface area contributed by atoms with Gasteiger partial charge in [-0.2, -0.15) is 0 Å². The first-order valence-electron chi connectivity index (χ1n) is 11.8. The summed E-state index contributed by atoms with van der Waals surface area (Å²) in [6.07, 6.45) is 0.847. The summed E-state index contributed by atoms with van der Waals surface area (Å²) in [4.78, 5) is 0. The molecule has 4 heteroatoms. The fraction of sp³-hybridized carbons (Fsp3) is 0.357. The van der Waals surface area contributed by atoms with Crippen molar-refractivity contribution in [3.63, 3.8) is 0 Å². The van der Waals surface area contributed by atoms with Crippen molar-refractivity contribution < 1.29 is 10.2 Å². The highest BCUT2D eigenvalue weighted by atomic mass is 28.3. The first-order valence-corrected chi connectivity index (χ1v) is 18.2. The van der Waals surface area contributed by atoms with Gasteiger partial charge in [-0.15, -0.1) is 0 Å². The maximum Gasteiger partial charge on any atom is 0.0807 e. The van der Waals surface area contributed by atoms with Crippen LogP contribution in [0.2, 0.25) is 38.3 Å². The molecule has 0 heterocycles. The molecular formula is C28H38O2Si2. The van der Waals surface area contributed by atoms with Gasteiger partial charge in [0.25, 0.3) is 0 Å². The average molecular weight is 463 g/mol. The molecule has 0 spiro atoms. The highest BCUT2D eigenvalue weighted by Gasteiger charge is 2.28. The fourth-order valence-electron chi connectivity index (χ4n) is 4.34. The second kappa shape index (κ2) is 10.8. The molecule has 0 saturated heterocycles. The Morgan fingerprint density at radius 1 is 0.531 bits per heavy atom. The van der Waals surface area contributed by atoms with Crippen LogP contribution in [0, 0.1) is 0 Å². The zero-order valence-corrected chi connectivity index (χ0v) is 22.0. The molecule has 0 aliphatic rings. The van der Waals surface area contributed by atoms with E-state index in [0.29, 0.717) is 0 Å². The summed E-state index contributed by atoms with van der Waals surface area (Å²) in [5.41, 5.74) is 2.02. The van der Waals surface area contributed by atoms with E-state index in [-0.39, 0.29) is 12.2 Å². The summed E-state index contributed by atoms with van der Waals surface area (Å²) in [6.45, 7) is 9.61. The molecule has 2 N–H and O–H groups in total. The molecule has 3 aromatic carbocycles. The second-order valence-electron chi connectivity index (χ2n) is 10.3. The summed E-state index contributed by atoms with van der Waals surface area (Å²) in [6, 6.07) is 31.4. The van der Waals surface area contributed by atoms with Crippen LogP contribution in [0.4, 0.5) is 0 Å². The number of benzene rings is 3. The Morgan fingerprint density at radius 2 is 0.844 bits per heavy atom. The van der Waals surface area contributed by atoms with Gasteiger partial charge in [-0.3, -0.25) is 0 Å². The summed E-state index contributed by atoms with van der Waals surface area (Å²) < 4.78 is 0. The molecule has 0 aliphatic carbocycles. The monoisotopic (exact) mass is 462 g/mol. The lowest BCUT2D eigenvalue weighted by Crippen LogP contribution is -2.45. The van der Waals surface area contributed by atoms with Crippen molar-refractivity contribution in [3.05, 3.63) is 96.1 Å². The Kier molecular flexibility index (Phi) is 8.28. The van der Waals surface area contributed by atoms with Gasteiger partial charge in [0, 0.05) is 0 Å². The Balaban J connectivity index is 1.59. The molecule has 3 rings (SSSR count). The van der Waals surface area contributed by atoms with Crippen LogP contribution in [0.3, 0.4) is 0 Å². The number of hydrogen-bond donors (Lipinski definition) is 2. The predicted octanol–water partition coefficient (Wildman–Crippen LogP) is 5.76. The Bertz CT molecular complexity index is 873. The zero-order valence-electron chi connectivity index (χ0n) is 20.0. The molecular weight excluding hydrogens is 424 g/mol. The van der Waals surface area contributed by atoms with Crippen molar-refractivity contribution in [1.82, 2.24) is 0 Å². The topological polar surface area (TPSA) is 40.5 Å². The Labute approximate surface area is 196 Å². The van der Waals surface area contributed by atoms with Crippen LogP contribution in [-0.4, -0.2) is 26.4 Å². The van der Waals surface area contributed by atoms with Crippen LogP contribution in [0.1, 0.15) is 36.2 Å². The van der Waals surface area contributed by atoms with E-state index < -0.39 is 16.1 Å². The van der Waals surface area contributed by atoms with Crippen LogP contribution in [0.15, 0.2) is 84.9 Å². The lowest BCUT2D eigenvalue weighted by atomic mass is 10.1. The molecule has 0 bridgehead atoms.